The Bertz CT molecular complexity index is 365. The van der Waals surface area contributed by atoms with Crippen LogP contribution in [0.1, 0.15) is 56.9 Å². The largest absolute Gasteiger partial charge is 0.508 e. The minimum atomic E-state index is 0.144. The van der Waals surface area contributed by atoms with Gasteiger partial charge in [-0.05, 0) is 49.1 Å². The summed E-state index contributed by atoms with van der Waals surface area (Å²) in [5, 5.41) is 19.1. The molecule has 0 aliphatic heterocycles. The van der Waals surface area contributed by atoms with Gasteiger partial charge in [-0.2, -0.15) is 0 Å². The fraction of sp³-hybridized carbons (Fsp3) is 0.600. The summed E-state index contributed by atoms with van der Waals surface area (Å²) in [5.74, 6) is 1.76. The molecule has 0 unspecified atom stereocenters. The number of aromatic hydroxyl groups is 2. The molecule has 0 heterocycles. The zero-order valence-corrected chi connectivity index (χ0v) is 10.5. The highest BCUT2D eigenvalue weighted by Crippen LogP contribution is 2.41. The molecule has 0 radical (unpaired) electrons. The van der Waals surface area contributed by atoms with Crippen LogP contribution in [-0.2, 0) is 0 Å². The lowest BCUT2D eigenvalue weighted by Gasteiger charge is -2.29. The molecule has 1 aliphatic carbocycles. The van der Waals surface area contributed by atoms with E-state index >= 15 is 0 Å². The Balaban J connectivity index is 2.00. The quantitative estimate of drug-likeness (QED) is 0.824. The maximum Gasteiger partial charge on any atom is 0.122 e. The lowest BCUT2D eigenvalue weighted by atomic mass is 9.77. The summed E-state index contributed by atoms with van der Waals surface area (Å²) < 4.78 is 0. The molecule has 1 fully saturated rings. The van der Waals surface area contributed by atoms with E-state index in [1.165, 1.54) is 44.6 Å². The van der Waals surface area contributed by atoms with E-state index in [0.29, 0.717) is 5.92 Å². The van der Waals surface area contributed by atoms with Crippen molar-refractivity contribution in [2.45, 2.75) is 51.4 Å². The van der Waals surface area contributed by atoms with Crippen LogP contribution in [0.4, 0.5) is 0 Å². The van der Waals surface area contributed by atoms with Gasteiger partial charge in [-0.15, -0.1) is 0 Å². The van der Waals surface area contributed by atoms with Crippen LogP contribution in [-0.4, -0.2) is 10.2 Å². The minimum Gasteiger partial charge on any atom is -0.508 e. The van der Waals surface area contributed by atoms with Gasteiger partial charge < -0.3 is 10.2 Å². The van der Waals surface area contributed by atoms with Gasteiger partial charge >= 0.3 is 0 Å². The van der Waals surface area contributed by atoms with E-state index in [2.05, 4.69) is 6.92 Å². The molecule has 2 rings (SSSR count). The monoisotopic (exact) mass is 234 g/mol. The van der Waals surface area contributed by atoms with E-state index in [1.54, 1.807) is 6.07 Å². The molecule has 1 aromatic carbocycles. The first-order valence-corrected chi connectivity index (χ1v) is 6.72. The molecule has 0 bridgehead atoms. The molecule has 0 atom stereocenters. The highest BCUT2D eigenvalue weighted by atomic mass is 16.3. The summed E-state index contributed by atoms with van der Waals surface area (Å²) in [6.07, 6.45) is 7.51. The van der Waals surface area contributed by atoms with E-state index in [-0.39, 0.29) is 11.5 Å². The molecule has 94 valence electrons. The third kappa shape index (κ3) is 2.93. The normalized spacial score (nSPS) is 24.8. The maximum atomic E-state index is 9.85. The standard InChI is InChI=1S/C15H22O2/c1-2-3-11-4-6-12(7-5-11)14-9-8-13(16)10-15(14)17/h8-12,16-17H,2-7H2,1H3. The second kappa shape index (κ2) is 5.44. The number of hydrogen-bond donors (Lipinski definition) is 2. The Labute approximate surface area is 103 Å². The summed E-state index contributed by atoms with van der Waals surface area (Å²) in [4.78, 5) is 0. The van der Waals surface area contributed by atoms with Crippen molar-refractivity contribution in [3.63, 3.8) is 0 Å². The average molecular weight is 234 g/mol. The Morgan fingerprint density at radius 1 is 1.12 bits per heavy atom. The highest BCUT2D eigenvalue weighted by molar-refractivity contribution is 5.41. The number of benzene rings is 1. The fourth-order valence-electron chi connectivity index (χ4n) is 3.05. The summed E-state index contributed by atoms with van der Waals surface area (Å²) in [6.45, 7) is 2.25. The fourth-order valence-corrected chi connectivity index (χ4v) is 3.05. The van der Waals surface area contributed by atoms with Crippen LogP contribution in [0.5, 0.6) is 11.5 Å². The number of rotatable bonds is 3. The Morgan fingerprint density at radius 2 is 1.82 bits per heavy atom. The van der Waals surface area contributed by atoms with Gasteiger partial charge in [-0.25, -0.2) is 0 Å². The Morgan fingerprint density at radius 3 is 2.41 bits per heavy atom. The topological polar surface area (TPSA) is 40.5 Å². The van der Waals surface area contributed by atoms with E-state index in [1.807, 2.05) is 6.07 Å². The van der Waals surface area contributed by atoms with Crippen LogP contribution in [0.3, 0.4) is 0 Å². The first-order valence-electron chi connectivity index (χ1n) is 6.72. The van der Waals surface area contributed by atoms with Crippen molar-refractivity contribution in [1.29, 1.82) is 0 Å². The molecular formula is C15H22O2. The average Bonchev–Trinajstić information content (AvgIpc) is 2.31. The smallest absolute Gasteiger partial charge is 0.122 e. The number of phenolic OH excluding ortho intramolecular Hbond substituents is 2. The molecule has 1 saturated carbocycles. The van der Waals surface area contributed by atoms with Crippen LogP contribution >= 0.6 is 0 Å². The van der Waals surface area contributed by atoms with Gasteiger partial charge in [-0.3, -0.25) is 0 Å². The van der Waals surface area contributed by atoms with Gasteiger partial charge in [0.05, 0.1) is 0 Å². The summed E-state index contributed by atoms with van der Waals surface area (Å²) in [5.41, 5.74) is 1.01. The van der Waals surface area contributed by atoms with Gasteiger partial charge in [0.1, 0.15) is 11.5 Å². The molecule has 2 heteroatoms. The SMILES string of the molecule is CCCC1CCC(c2ccc(O)cc2O)CC1. The van der Waals surface area contributed by atoms with Gasteiger partial charge in [0.15, 0.2) is 0 Å². The van der Waals surface area contributed by atoms with Gasteiger partial charge in [0, 0.05) is 6.07 Å². The predicted octanol–water partition coefficient (Wildman–Crippen LogP) is 4.17. The first-order chi connectivity index (χ1) is 8.20. The summed E-state index contributed by atoms with van der Waals surface area (Å²) in [7, 11) is 0. The van der Waals surface area contributed by atoms with Crippen molar-refractivity contribution in [2.24, 2.45) is 5.92 Å². The molecule has 0 amide bonds. The zero-order chi connectivity index (χ0) is 12.3. The molecule has 2 N–H and O–H groups in total. The van der Waals surface area contributed by atoms with Gasteiger partial charge in [0.25, 0.3) is 0 Å². The highest BCUT2D eigenvalue weighted by Gasteiger charge is 2.23. The van der Waals surface area contributed by atoms with Crippen LogP contribution in [0.25, 0.3) is 0 Å². The molecular weight excluding hydrogens is 212 g/mol. The molecule has 0 saturated heterocycles. The first kappa shape index (κ1) is 12.3. The molecule has 0 aromatic heterocycles. The molecule has 2 nitrogen and oxygen atoms in total. The third-order valence-corrected chi connectivity index (χ3v) is 4.00. The van der Waals surface area contributed by atoms with Crippen LogP contribution < -0.4 is 0 Å². The Hall–Kier alpha value is -1.18. The van der Waals surface area contributed by atoms with E-state index in [9.17, 15) is 10.2 Å². The van der Waals surface area contributed by atoms with E-state index < -0.39 is 0 Å². The van der Waals surface area contributed by atoms with Crippen molar-refractivity contribution < 1.29 is 10.2 Å². The molecule has 0 spiro atoms. The summed E-state index contributed by atoms with van der Waals surface area (Å²) in [6, 6.07) is 5.00. The second-order valence-corrected chi connectivity index (χ2v) is 5.25. The van der Waals surface area contributed by atoms with Crippen LogP contribution in [0.2, 0.25) is 0 Å². The van der Waals surface area contributed by atoms with Crippen molar-refractivity contribution in [1.82, 2.24) is 0 Å². The van der Waals surface area contributed by atoms with Crippen molar-refractivity contribution in [3.8, 4) is 11.5 Å². The van der Waals surface area contributed by atoms with Gasteiger partial charge in [-0.1, -0.05) is 25.8 Å². The minimum absolute atomic E-state index is 0.144. The number of hydrogen-bond acceptors (Lipinski definition) is 2. The maximum absolute atomic E-state index is 9.85. The van der Waals surface area contributed by atoms with Gasteiger partial charge in [0.2, 0.25) is 0 Å². The van der Waals surface area contributed by atoms with Crippen LogP contribution in [0, 0.1) is 5.92 Å². The lowest BCUT2D eigenvalue weighted by Crippen LogP contribution is -2.13. The second-order valence-electron chi connectivity index (χ2n) is 5.25. The van der Waals surface area contributed by atoms with E-state index in [4.69, 9.17) is 0 Å². The third-order valence-electron chi connectivity index (χ3n) is 4.00. The zero-order valence-electron chi connectivity index (χ0n) is 10.5. The molecule has 17 heavy (non-hydrogen) atoms. The Kier molecular flexibility index (Phi) is 3.93. The lowest BCUT2D eigenvalue weighted by molar-refractivity contribution is 0.303. The van der Waals surface area contributed by atoms with Crippen molar-refractivity contribution in [3.05, 3.63) is 23.8 Å². The van der Waals surface area contributed by atoms with Crippen molar-refractivity contribution in [2.75, 3.05) is 0 Å². The summed E-state index contributed by atoms with van der Waals surface area (Å²) >= 11 is 0. The van der Waals surface area contributed by atoms with E-state index in [0.717, 1.165) is 11.5 Å². The number of phenols is 2. The molecule has 1 aromatic rings. The van der Waals surface area contributed by atoms with Crippen molar-refractivity contribution >= 4 is 0 Å². The predicted molar refractivity (Wildman–Crippen MR) is 69.4 cm³/mol. The molecule has 1 aliphatic rings. The van der Waals surface area contributed by atoms with Crippen LogP contribution in [0.15, 0.2) is 18.2 Å².